The van der Waals surface area contributed by atoms with E-state index >= 15 is 0 Å². The Morgan fingerprint density at radius 3 is 1.60 bits per heavy atom. The normalized spacial score (nSPS) is 7.20. The first-order valence-electron chi connectivity index (χ1n) is 3.63. The average molecular weight is 258 g/mol. The number of nitrogens with two attached hydrogens (primary N) is 1. The first-order valence-corrected chi connectivity index (χ1v) is 4.45. The number of hydrogen-bond acceptors (Lipinski definition) is 2. The Kier molecular flexibility index (Phi) is 18.8. The monoisotopic (exact) mass is 258 g/mol. The minimum atomic E-state index is -0.500. The molecule has 0 aromatic heterocycles. The number of aliphatic hydroxyl groups is 2. The maximum absolute atomic E-state index is 8.84. The van der Waals surface area contributed by atoms with E-state index in [4.69, 9.17) is 10.2 Å². The maximum atomic E-state index is 8.84. The third-order valence-corrected chi connectivity index (χ3v) is 1.23. The zero-order chi connectivity index (χ0) is 11.6. The van der Waals surface area contributed by atoms with Crippen LogP contribution in [-0.2, 0) is 0 Å². The van der Waals surface area contributed by atoms with Gasteiger partial charge in [-0.1, -0.05) is 12.2 Å². The van der Waals surface area contributed by atoms with E-state index in [-0.39, 0.29) is 34.7 Å². The Morgan fingerprint density at radius 1 is 1.20 bits per heavy atom. The van der Waals surface area contributed by atoms with E-state index in [0.29, 0.717) is 13.1 Å². The SMILES string of the molecule is C=CCN(CC=C)C(O)=S.NC(O)=S.[NaH]. The second-order valence-electron chi connectivity index (χ2n) is 2.10. The summed E-state index contributed by atoms with van der Waals surface area (Å²) in [6.45, 7) is 8.15. The molecule has 0 aromatic carbocycles. The van der Waals surface area contributed by atoms with Gasteiger partial charge in [-0.05, 0) is 24.4 Å². The molecule has 4 nitrogen and oxygen atoms in total. The predicted molar refractivity (Wildman–Crippen MR) is 73.8 cm³/mol. The Balaban J connectivity index is -0.000000249. The van der Waals surface area contributed by atoms with E-state index in [0.717, 1.165) is 0 Å². The first-order chi connectivity index (χ1) is 6.45. The molecule has 0 aliphatic rings. The third kappa shape index (κ3) is 20.1. The Morgan fingerprint density at radius 2 is 1.47 bits per heavy atom. The van der Waals surface area contributed by atoms with Crippen LogP contribution in [-0.4, -0.2) is 68.1 Å². The van der Waals surface area contributed by atoms with Crippen LogP contribution in [0.5, 0.6) is 0 Å². The molecule has 0 rings (SSSR count). The number of aliphatic hydroxyl groups excluding tert-OH is 2. The van der Waals surface area contributed by atoms with Gasteiger partial charge in [0.15, 0.2) is 0 Å². The molecule has 0 fully saturated rings. The van der Waals surface area contributed by atoms with Gasteiger partial charge >= 0.3 is 29.6 Å². The topological polar surface area (TPSA) is 69.7 Å². The van der Waals surface area contributed by atoms with Gasteiger partial charge in [0.05, 0.1) is 0 Å². The molecular weight excluding hydrogens is 243 g/mol. The summed E-state index contributed by atoms with van der Waals surface area (Å²) in [5.41, 5.74) is 4.40. The molecule has 0 amide bonds. The molecule has 0 aromatic rings. The molecule has 0 radical (unpaired) electrons. The number of thiocarbonyl (C=S) groups is 2. The molecule has 0 unspecified atom stereocenters. The summed E-state index contributed by atoms with van der Waals surface area (Å²) < 4.78 is 0. The van der Waals surface area contributed by atoms with Crippen LogP contribution in [0, 0.1) is 0 Å². The van der Waals surface area contributed by atoms with Crippen LogP contribution >= 0.6 is 24.4 Å². The summed E-state index contributed by atoms with van der Waals surface area (Å²) in [6, 6.07) is 0. The van der Waals surface area contributed by atoms with Crippen LogP contribution in [0.2, 0.25) is 0 Å². The molecular formula is C8H15N2NaO2S2. The molecule has 0 aliphatic carbocycles. The quantitative estimate of drug-likeness (QED) is 0.391. The number of hydrogen-bond donors (Lipinski definition) is 3. The molecule has 0 saturated heterocycles. The van der Waals surface area contributed by atoms with Gasteiger partial charge in [0.25, 0.3) is 10.3 Å². The zero-order valence-electron chi connectivity index (χ0n) is 7.72. The van der Waals surface area contributed by atoms with Crippen molar-refractivity contribution in [3.63, 3.8) is 0 Å². The molecule has 0 spiro atoms. The molecule has 0 saturated carbocycles. The van der Waals surface area contributed by atoms with Gasteiger partial charge in [-0.15, -0.1) is 13.2 Å². The summed E-state index contributed by atoms with van der Waals surface area (Å²) in [5, 5.41) is 15.8. The fourth-order valence-electron chi connectivity index (χ4n) is 0.542. The van der Waals surface area contributed by atoms with Crippen molar-refractivity contribution in [2.75, 3.05) is 13.1 Å². The minimum absolute atomic E-state index is 0. The van der Waals surface area contributed by atoms with Crippen molar-refractivity contribution in [3.05, 3.63) is 25.3 Å². The van der Waals surface area contributed by atoms with Crippen molar-refractivity contribution < 1.29 is 10.2 Å². The molecule has 0 atom stereocenters. The summed E-state index contributed by atoms with van der Waals surface area (Å²) in [4.78, 5) is 1.58. The fraction of sp³-hybridized carbons (Fsp3) is 0.250. The van der Waals surface area contributed by atoms with Gasteiger partial charge in [-0.2, -0.15) is 0 Å². The van der Waals surface area contributed by atoms with E-state index in [1.54, 1.807) is 17.1 Å². The molecule has 4 N–H and O–H groups in total. The van der Waals surface area contributed by atoms with Crippen LogP contribution in [0.4, 0.5) is 0 Å². The number of nitrogens with zero attached hydrogens (tertiary/aromatic N) is 1. The molecule has 15 heavy (non-hydrogen) atoms. The van der Waals surface area contributed by atoms with Gasteiger partial charge in [0.1, 0.15) is 0 Å². The van der Waals surface area contributed by atoms with Crippen molar-refractivity contribution in [2.45, 2.75) is 0 Å². The summed E-state index contributed by atoms with van der Waals surface area (Å²) in [5.74, 6) is 0. The van der Waals surface area contributed by atoms with Crippen LogP contribution < -0.4 is 5.73 Å². The van der Waals surface area contributed by atoms with E-state index in [1.807, 2.05) is 0 Å². The van der Waals surface area contributed by atoms with E-state index in [2.05, 4.69) is 43.3 Å². The Hall–Kier alpha value is -0.140. The zero-order valence-corrected chi connectivity index (χ0v) is 9.35. The summed E-state index contributed by atoms with van der Waals surface area (Å²) in [6.07, 6.45) is 3.35. The third-order valence-electron chi connectivity index (χ3n) is 0.969. The molecule has 82 valence electrons. The van der Waals surface area contributed by atoms with Gasteiger partial charge in [-0.25, -0.2) is 0 Å². The fourth-order valence-corrected chi connectivity index (χ4v) is 0.691. The van der Waals surface area contributed by atoms with Gasteiger partial charge in [0, 0.05) is 13.1 Å². The molecule has 0 aliphatic heterocycles. The van der Waals surface area contributed by atoms with Crippen molar-refractivity contribution in [2.24, 2.45) is 5.73 Å². The molecule has 7 heteroatoms. The summed E-state index contributed by atoms with van der Waals surface area (Å²) in [7, 11) is 0. The van der Waals surface area contributed by atoms with Crippen LogP contribution in [0.15, 0.2) is 25.3 Å². The van der Waals surface area contributed by atoms with E-state index < -0.39 is 5.17 Å². The van der Waals surface area contributed by atoms with Crippen molar-refractivity contribution in [1.29, 1.82) is 0 Å². The average Bonchev–Trinajstić information content (AvgIpc) is 2.02. The Bertz CT molecular complexity index is 211. The van der Waals surface area contributed by atoms with Crippen LogP contribution in [0.25, 0.3) is 0 Å². The molecule has 0 bridgehead atoms. The molecule has 0 heterocycles. The van der Waals surface area contributed by atoms with E-state index in [9.17, 15) is 0 Å². The van der Waals surface area contributed by atoms with Crippen molar-refractivity contribution in [3.8, 4) is 0 Å². The van der Waals surface area contributed by atoms with Gasteiger partial charge in [-0.3, -0.25) is 0 Å². The van der Waals surface area contributed by atoms with Gasteiger partial charge < -0.3 is 20.8 Å². The number of rotatable bonds is 4. The van der Waals surface area contributed by atoms with Crippen molar-refractivity contribution in [1.82, 2.24) is 4.90 Å². The van der Waals surface area contributed by atoms with Crippen LogP contribution in [0.3, 0.4) is 0 Å². The summed E-state index contributed by atoms with van der Waals surface area (Å²) >= 11 is 8.40. The van der Waals surface area contributed by atoms with Gasteiger partial charge in [0.2, 0.25) is 0 Å². The van der Waals surface area contributed by atoms with Crippen molar-refractivity contribution >= 4 is 64.3 Å². The second kappa shape index (κ2) is 13.9. The standard InChI is InChI=1S/C7H11NOS.CH3NOS.Na.H/c1-3-5-8(6-4-2)7(9)10;2-1(3)4;;/h3-4H,1-2,5-6H2,(H,9,10);(H3,2,3,4);;. The van der Waals surface area contributed by atoms with Crippen LogP contribution in [0.1, 0.15) is 0 Å². The first kappa shape index (κ1) is 20.3. The Labute approximate surface area is 123 Å². The predicted octanol–water partition coefficient (Wildman–Crippen LogP) is 0.643. The second-order valence-corrected chi connectivity index (χ2v) is 2.89. The van der Waals surface area contributed by atoms with E-state index in [1.165, 1.54) is 0 Å².